The number of amides is 1. The number of aryl methyl sites for hydroxylation is 1. The van der Waals surface area contributed by atoms with Gasteiger partial charge in [-0.05, 0) is 55.9 Å². The average molecular weight is 355 g/mol. The monoisotopic (exact) mass is 355 g/mol. The lowest BCUT2D eigenvalue weighted by atomic mass is 9.78. The molecule has 2 aromatic rings. The van der Waals surface area contributed by atoms with Crippen molar-refractivity contribution >= 4 is 5.91 Å². The van der Waals surface area contributed by atoms with Crippen LogP contribution in [-0.4, -0.2) is 33.5 Å². The van der Waals surface area contributed by atoms with Gasteiger partial charge >= 0.3 is 0 Å². The van der Waals surface area contributed by atoms with Crippen LogP contribution in [0.15, 0.2) is 28.8 Å². The summed E-state index contributed by atoms with van der Waals surface area (Å²) in [6.07, 6.45) is 7.38. The summed E-state index contributed by atoms with van der Waals surface area (Å²) in [6, 6.07) is 7.81. The molecule has 1 saturated carbocycles. The maximum Gasteiger partial charge on any atom is 0.254 e. The summed E-state index contributed by atoms with van der Waals surface area (Å²) in [5, 5.41) is 3.80. The maximum atomic E-state index is 13.0. The lowest BCUT2D eigenvalue weighted by Crippen LogP contribution is -2.49. The van der Waals surface area contributed by atoms with Crippen molar-refractivity contribution in [2.75, 3.05) is 6.54 Å². The molecule has 2 atom stereocenters. The predicted octanol–water partition coefficient (Wildman–Crippen LogP) is 3.75. The van der Waals surface area contributed by atoms with E-state index in [0.29, 0.717) is 29.4 Å². The molecular formula is C20H25N3O3. The van der Waals surface area contributed by atoms with E-state index in [9.17, 15) is 4.79 Å². The first-order chi connectivity index (χ1) is 12.7. The Morgan fingerprint density at radius 3 is 2.73 bits per heavy atom. The molecule has 1 saturated heterocycles. The van der Waals surface area contributed by atoms with Gasteiger partial charge in [0.25, 0.3) is 5.91 Å². The van der Waals surface area contributed by atoms with Crippen LogP contribution in [0.4, 0.5) is 0 Å². The summed E-state index contributed by atoms with van der Waals surface area (Å²) in [7, 11) is 0. The van der Waals surface area contributed by atoms with Crippen molar-refractivity contribution in [3.05, 3.63) is 41.5 Å². The van der Waals surface area contributed by atoms with Crippen LogP contribution < -0.4 is 4.74 Å². The molecule has 0 spiro atoms. The van der Waals surface area contributed by atoms with Crippen LogP contribution in [0.25, 0.3) is 0 Å². The Labute approximate surface area is 153 Å². The number of fused-ring (bicyclic) bond motifs is 1. The van der Waals surface area contributed by atoms with Gasteiger partial charge < -0.3 is 14.2 Å². The first-order valence-electron chi connectivity index (χ1n) is 9.54. The average Bonchev–Trinajstić information content (AvgIpc) is 3.11. The number of rotatable bonds is 4. The standard InChI is InChI=1S/C20H25N3O3/c1-14-21-19(22-26-14)13-25-17-10-8-16(9-11-17)20(24)23-12-4-6-15-5-2-3-7-18(15)23/h8-11,15,18H,2-7,12-13H2,1H3/t15-,18-/m1/s1. The molecule has 6 heteroatoms. The Hall–Kier alpha value is -2.37. The first kappa shape index (κ1) is 17.1. The van der Waals surface area contributed by atoms with Gasteiger partial charge in [0.2, 0.25) is 11.7 Å². The number of hydrogen-bond acceptors (Lipinski definition) is 5. The minimum Gasteiger partial charge on any atom is -0.485 e. The van der Waals surface area contributed by atoms with E-state index in [1.165, 1.54) is 25.7 Å². The van der Waals surface area contributed by atoms with Crippen molar-refractivity contribution in [3.63, 3.8) is 0 Å². The second-order valence-electron chi connectivity index (χ2n) is 7.30. The number of ether oxygens (including phenoxy) is 1. The Balaban J connectivity index is 1.40. The van der Waals surface area contributed by atoms with E-state index in [2.05, 4.69) is 15.0 Å². The van der Waals surface area contributed by atoms with Gasteiger partial charge in [-0.2, -0.15) is 4.98 Å². The number of carbonyl (C=O) groups excluding carboxylic acids is 1. The molecule has 1 aromatic carbocycles. The summed E-state index contributed by atoms with van der Waals surface area (Å²) >= 11 is 0. The molecule has 2 fully saturated rings. The molecule has 0 unspecified atom stereocenters. The largest absolute Gasteiger partial charge is 0.485 e. The van der Waals surface area contributed by atoms with Crippen molar-refractivity contribution in [1.29, 1.82) is 0 Å². The van der Waals surface area contributed by atoms with Crippen LogP contribution in [0.1, 0.15) is 60.6 Å². The molecule has 2 aliphatic rings. The summed E-state index contributed by atoms with van der Waals surface area (Å²) < 4.78 is 10.6. The normalized spacial score (nSPS) is 22.7. The Morgan fingerprint density at radius 2 is 1.96 bits per heavy atom. The third kappa shape index (κ3) is 3.59. The smallest absolute Gasteiger partial charge is 0.254 e. The second-order valence-corrected chi connectivity index (χ2v) is 7.30. The molecule has 0 radical (unpaired) electrons. The zero-order valence-corrected chi connectivity index (χ0v) is 15.2. The van der Waals surface area contributed by atoms with Crippen molar-refractivity contribution in [1.82, 2.24) is 15.0 Å². The molecule has 0 bridgehead atoms. The number of likely N-dealkylation sites (tertiary alicyclic amines) is 1. The van der Waals surface area contributed by atoms with Gasteiger partial charge in [0.1, 0.15) is 5.75 Å². The van der Waals surface area contributed by atoms with Gasteiger partial charge in [0.05, 0.1) is 0 Å². The van der Waals surface area contributed by atoms with E-state index in [0.717, 1.165) is 24.9 Å². The fourth-order valence-electron chi connectivity index (χ4n) is 4.28. The van der Waals surface area contributed by atoms with Crippen LogP contribution in [0.5, 0.6) is 5.75 Å². The highest BCUT2D eigenvalue weighted by molar-refractivity contribution is 5.94. The van der Waals surface area contributed by atoms with Crippen molar-refractivity contribution in [2.45, 2.75) is 58.1 Å². The van der Waals surface area contributed by atoms with Crippen LogP contribution >= 0.6 is 0 Å². The summed E-state index contributed by atoms with van der Waals surface area (Å²) in [4.78, 5) is 19.2. The highest BCUT2D eigenvalue weighted by atomic mass is 16.5. The lowest BCUT2D eigenvalue weighted by molar-refractivity contribution is 0.0390. The third-order valence-corrected chi connectivity index (χ3v) is 5.54. The molecule has 6 nitrogen and oxygen atoms in total. The number of piperidine rings is 1. The zero-order chi connectivity index (χ0) is 17.9. The van der Waals surface area contributed by atoms with Crippen LogP contribution in [-0.2, 0) is 6.61 Å². The quantitative estimate of drug-likeness (QED) is 0.835. The van der Waals surface area contributed by atoms with Crippen molar-refractivity contribution < 1.29 is 14.1 Å². The van der Waals surface area contributed by atoms with Crippen molar-refractivity contribution in [3.8, 4) is 5.75 Å². The van der Waals surface area contributed by atoms with E-state index in [4.69, 9.17) is 9.26 Å². The maximum absolute atomic E-state index is 13.0. The molecule has 138 valence electrons. The number of benzene rings is 1. The SMILES string of the molecule is Cc1nc(COc2ccc(C(=O)N3CCC[C@H]4CCCC[C@H]43)cc2)no1. The predicted molar refractivity (Wildman–Crippen MR) is 95.8 cm³/mol. The Morgan fingerprint density at radius 1 is 1.19 bits per heavy atom. The molecule has 1 amide bonds. The van der Waals surface area contributed by atoms with Gasteiger partial charge in [-0.1, -0.05) is 18.0 Å². The molecule has 26 heavy (non-hydrogen) atoms. The molecule has 1 aromatic heterocycles. The first-order valence-corrected chi connectivity index (χ1v) is 9.54. The molecule has 1 aliphatic heterocycles. The molecule has 1 aliphatic carbocycles. The topological polar surface area (TPSA) is 68.5 Å². The fourth-order valence-corrected chi connectivity index (χ4v) is 4.28. The van der Waals surface area contributed by atoms with Gasteiger partial charge in [-0.3, -0.25) is 4.79 Å². The molecular weight excluding hydrogens is 330 g/mol. The molecule has 0 N–H and O–H groups in total. The molecule has 2 heterocycles. The zero-order valence-electron chi connectivity index (χ0n) is 15.2. The van der Waals surface area contributed by atoms with Crippen LogP contribution in [0.3, 0.4) is 0 Å². The second kappa shape index (κ2) is 7.48. The van der Waals surface area contributed by atoms with Crippen LogP contribution in [0, 0.1) is 12.8 Å². The van der Waals surface area contributed by atoms with E-state index < -0.39 is 0 Å². The summed E-state index contributed by atoms with van der Waals surface area (Å²) in [6.45, 7) is 2.88. The minimum absolute atomic E-state index is 0.155. The van der Waals surface area contributed by atoms with Gasteiger partial charge in [-0.15, -0.1) is 0 Å². The molecule has 4 rings (SSSR count). The summed E-state index contributed by atoms with van der Waals surface area (Å²) in [5.41, 5.74) is 0.735. The Bertz CT molecular complexity index is 754. The number of nitrogens with zero attached hydrogens (tertiary/aromatic N) is 3. The van der Waals surface area contributed by atoms with Gasteiger partial charge in [0.15, 0.2) is 6.61 Å². The lowest BCUT2D eigenvalue weighted by Gasteiger charge is -2.44. The highest BCUT2D eigenvalue weighted by Crippen LogP contribution is 2.36. The van der Waals surface area contributed by atoms with E-state index in [1.807, 2.05) is 24.3 Å². The van der Waals surface area contributed by atoms with E-state index >= 15 is 0 Å². The highest BCUT2D eigenvalue weighted by Gasteiger charge is 2.35. The Kier molecular flexibility index (Phi) is 4.91. The number of aromatic nitrogens is 2. The van der Waals surface area contributed by atoms with E-state index in [1.54, 1.807) is 6.92 Å². The minimum atomic E-state index is 0.155. The summed E-state index contributed by atoms with van der Waals surface area (Å²) in [5.74, 6) is 2.58. The number of hydrogen-bond donors (Lipinski definition) is 0. The van der Waals surface area contributed by atoms with Crippen molar-refractivity contribution in [2.24, 2.45) is 5.92 Å². The van der Waals surface area contributed by atoms with E-state index in [-0.39, 0.29) is 12.5 Å². The van der Waals surface area contributed by atoms with Gasteiger partial charge in [-0.25, -0.2) is 0 Å². The third-order valence-electron chi connectivity index (χ3n) is 5.54. The fraction of sp³-hybridized carbons (Fsp3) is 0.550. The van der Waals surface area contributed by atoms with Gasteiger partial charge in [0, 0.05) is 25.1 Å². The number of carbonyl (C=O) groups is 1. The van der Waals surface area contributed by atoms with Crippen LogP contribution in [0.2, 0.25) is 0 Å².